The number of amides is 1. The molecule has 6 nitrogen and oxygen atoms in total. The SMILES string of the molecule is Cc1n[nH]nc1C(=O)N1C[C@@H]2C[C@H](C1)[C@@H]1CCC[C@H](c3ccccc3)N1C2. The number of nitrogens with one attached hydrogen (secondary N) is 1. The van der Waals surface area contributed by atoms with Crippen LogP contribution in [0.1, 0.15) is 53.5 Å². The van der Waals surface area contributed by atoms with Gasteiger partial charge in [0.2, 0.25) is 0 Å². The predicted octanol–water partition coefficient (Wildman–Crippen LogP) is 2.80. The van der Waals surface area contributed by atoms with Gasteiger partial charge in [-0.25, -0.2) is 0 Å². The smallest absolute Gasteiger partial charge is 0.276 e. The van der Waals surface area contributed by atoms with Crippen LogP contribution in [0.4, 0.5) is 0 Å². The first-order valence-corrected chi connectivity index (χ1v) is 10.2. The number of carbonyl (C=O) groups excluding carboxylic acids is 1. The average Bonchev–Trinajstić information content (AvgIpc) is 3.13. The van der Waals surface area contributed by atoms with Crippen LogP contribution in [0.15, 0.2) is 30.3 Å². The Morgan fingerprint density at radius 3 is 2.74 bits per heavy atom. The lowest BCUT2D eigenvalue weighted by molar-refractivity contribution is -0.0512. The molecule has 2 bridgehead atoms. The highest BCUT2D eigenvalue weighted by Crippen LogP contribution is 2.44. The van der Waals surface area contributed by atoms with E-state index < -0.39 is 0 Å². The van der Waals surface area contributed by atoms with Crippen molar-refractivity contribution in [2.45, 2.75) is 44.7 Å². The quantitative estimate of drug-likeness (QED) is 0.889. The van der Waals surface area contributed by atoms with E-state index in [4.69, 9.17) is 0 Å². The molecule has 1 aromatic heterocycles. The zero-order chi connectivity index (χ0) is 18.4. The number of hydrogen-bond donors (Lipinski definition) is 1. The Balaban J connectivity index is 1.37. The molecule has 0 spiro atoms. The van der Waals surface area contributed by atoms with Gasteiger partial charge in [-0.2, -0.15) is 15.4 Å². The summed E-state index contributed by atoms with van der Waals surface area (Å²) in [5.41, 5.74) is 2.63. The summed E-state index contributed by atoms with van der Waals surface area (Å²) >= 11 is 0. The van der Waals surface area contributed by atoms with Crippen LogP contribution in [-0.2, 0) is 0 Å². The summed E-state index contributed by atoms with van der Waals surface area (Å²) in [6.07, 6.45) is 5.04. The van der Waals surface area contributed by atoms with Gasteiger partial charge in [0.05, 0.1) is 5.69 Å². The molecular formula is C21H27N5O. The van der Waals surface area contributed by atoms with E-state index in [0.29, 0.717) is 35.3 Å². The fourth-order valence-electron chi connectivity index (χ4n) is 5.64. The molecule has 3 saturated heterocycles. The number of likely N-dealkylation sites (tertiary alicyclic amines) is 1. The number of aromatic nitrogens is 3. The van der Waals surface area contributed by atoms with Gasteiger partial charge in [-0.05, 0) is 50.0 Å². The second kappa shape index (κ2) is 6.75. The molecule has 1 amide bonds. The van der Waals surface area contributed by atoms with Crippen molar-refractivity contribution in [1.29, 1.82) is 0 Å². The van der Waals surface area contributed by atoms with Gasteiger partial charge in [0.1, 0.15) is 0 Å². The second-order valence-corrected chi connectivity index (χ2v) is 8.45. The first-order valence-electron chi connectivity index (χ1n) is 10.2. The Morgan fingerprint density at radius 2 is 1.96 bits per heavy atom. The van der Waals surface area contributed by atoms with Crippen LogP contribution in [0.25, 0.3) is 0 Å². The monoisotopic (exact) mass is 365 g/mol. The van der Waals surface area contributed by atoms with Crippen LogP contribution in [0.5, 0.6) is 0 Å². The summed E-state index contributed by atoms with van der Waals surface area (Å²) in [6, 6.07) is 12.1. The van der Waals surface area contributed by atoms with Gasteiger partial charge in [0, 0.05) is 31.7 Å². The number of carbonyl (C=O) groups is 1. The van der Waals surface area contributed by atoms with Gasteiger partial charge >= 0.3 is 0 Å². The van der Waals surface area contributed by atoms with E-state index in [9.17, 15) is 4.79 Å². The molecule has 1 aromatic carbocycles. The molecule has 2 aromatic rings. The molecular weight excluding hydrogens is 338 g/mol. The molecule has 0 unspecified atom stereocenters. The minimum absolute atomic E-state index is 0.0415. The van der Waals surface area contributed by atoms with Crippen LogP contribution >= 0.6 is 0 Å². The molecule has 4 atom stereocenters. The average molecular weight is 365 g/mol. The third kappa shape index (κ3) is 2.96. The van der Waals surface area contributed by atoms with Crippen molar-refractivity contribution in [3.63, 3.8) is 0 Å². The highest BCUT2D eigenvalue weighted by atomic mass is 16.2. The Hall–Kier alpha value is -2.21. The van der Waals surface area contributed by atoms with E-state index in [1.807, 2.05) is 11.8 Å². The number of H-pyrrole nitrogens is 1. The molecule has 0 aliphatic carbocycles. The van der Waals surface area contributed by atoms with Crippen LogP contribution in [-0.4, -0.2) is 56.8 Å². The van der Waals surface area contributed by atoms with E-state index in [1.165, 1.54) is 31.2 Å². The maximum Gasteiger partial charge on any atom is 0.276 e. The number of rotatable bonds is 2. The highest BCUT2D eigenvalue weighted by Gasteiger charge is 2.46. The van der Waals surface area contributed by atoms with E-state index in [1.54, 1.807) is 0 Å². The van der Waals surface area contributed by atoms with Crippen molar-refractivity contribution in [3.8, 4) is 0 Å². The molecule has 6 heteroatoms. The molecule has 3 aliphatic heterocycles. The summed E-state index contributed by atoms with van der Waals surface area (Å²) in [7, 11) is 0. The summed E-state index contributed by atoms with van der Waals surface area (Å²) in [6.45, 7) is 4.63. The van der Waals surface area contributed by atoms with Crippen LogP contribution < -0.4 is 0 Å². The van der Waals surface area contributed by atoms with E-state index in [-0.39, 0.29) is 5.91 Å². The number of aromatic amines is 1. The zero-order valence-electron chi connectivity index (χ0n) is 15.8. The molecule has 1 N–H and O–H groups in total. The summed E-state index contributed by atoms with van der Waals surface area (Å²) in [5, 5.41) is 10.7. The van der Waals surface area contributed by atoms with E-state index in [0.717, 1.165) is 19.6 Å². The minimum atomic E-state index is 0.0415. The van der Waals surface area contributed by atoms with Gasteiger partial charge in [-0.1, -0.05) is 30.3 Å². The largest absolute Gasteiger partial charge is 0.337 e. The van der Waals surface area contributed by atoms with E-state index in [2.05, 4.69) is 50.6 Å². The lowest BCUT2D eigenvalue weighted by Gasteiger charge is -2.55. The normalized spacial score (nSPS) is 30.8. The summed E-state index contributed by atoms with van der Waals surface area (Å²) in [4.78, 5) is 17.7. The third-order valence-electron chi connectivity index (χ3n) is 6.78. The number of piperidine rings is 3. The van der Waals surface area contributed by atoms with E-state index >= 15 is 0 Å². The number of benzene rings is 1. The Labute approximate surface area is 159 Å². The molecule has 0 saturated carbocycles. The topological polar surface area (TPSA) is 65.1 Å². The lowest BCUT2D eigenvalue weighted by atomic mass is 9.74. The molecule has 142 valence electrons. The Morgan fingerprint density at radius 1 is 1.11 bits per heavy atom. The summed E-state index contributed by atoms with van der Waals surface area (Å²) in [5.74, 6) is 1.17. The molecule has 3 aliphatic rings. The maximum atomic E-state index is 12.9. The maximum absolute atomic E-state index is 12.9. The van der Waals surface area contributed by atoms with Crippen molar-refractivity contribution in [3.05, 3.63) is 47.3 Å². The minimum Gasteiger partial charge on any atom is -0.337 e. The second-order valence-electron chi connectivity index (χ2n) is 8.45. The number of nitrogens with zero attached hydrogens (tertiary/aromatic N) is 4. The standard InChI is InChI=1S/C21H27N5O/c1-14-20(23-24-22-14)21(27)25-11-15-10-17(13-25)19-9-5-8-18(26(19)12-15)16-6-3-2-4-7-16/h2-4,6-7,15,17-19H,5,8-13H2,1H3,(H,22,23,24)/t15-,17+,18+,19-/m0/s1. The van der Waals surface area contributed by atoms with Crippen LogP contribution in [0, 0.1) is 18.8 Å². The number of fused-ring (bicyclic) bond motifs is 4. The highest BCUT2D eigenvalue weighted by molar-refractivity contribution is 5.93. The first-order chi connectivity index (χ1) is 13.2. The van der Waals surface area contributed by atoms with Crippen LogP contribution in [0.3, 0.4) is 0 Å². The van der Waals surface area contributed by atoms with Crippen molar-refractivity contribution in [2.24, 2.45) is 11.8 Å². The molecule has 3 fully saturated rings. The van der Waals surface area contributed by atoms with Gasteiger partial charge in [0.25, 0.3) is 5.91 Å². The Bertz CT molecular complexity index is 819. The third-order valence-corrected chi connectivity index (χ3v) is 6.78. The predicted molar refractivity (Wildman–Crippen MR) is 102 cm³/mol. The number of hydrogen-bond acceptors (Lipinski definition) is 4. The Kier molecular flexibility index (Phi) is 4.23. The molecule has 5 rings (SSSR count). The van der Waals surface area contributed by atoms with Gasteiger partial charge < -0.3 is 4.90 Å². The zero-order valence-corrected chi connectivity index (χ0v) is 15.8. The molecule has 0 radical (unpaired) electrons. The van der Waals surface area contributed by atoms with Gasteiger partial charge in [0.15, 0.2) is 5.69 Å². The fraction of sp³-hybridized carbons (Fsp3) is 0.571. The first kappa shape index (κ1) is 16.9. The van der Waals surface area contributed by atoms with Crippen LogP contribution in [0.2, 0.25) is 0 Å². The van der Waals surface area contributed by atoms with Gasteiger partial charge in [-0.3, -0.25) is 9.69 Å². The van der Waals surface area contributed by atoms with Crippen molar-refractivity contribution >= 4 is 5.91 Å². The lowest BCUT2D eigenvalue weighted by Crippen LogP contribution is -2.60. The van der Waals surface area contributed by atoms with Crippen molar-refractivity contribution in [1.82, 2.24) is 25.2 Å². The number of aryl methyl sites for hydroxylation is 1. The van der Waals surface area contributed by atoms with Gasteiger partial charge in [-0.15, -0.1) is 0 Å². The fourth-order valence-corrected chi connectivity index (χ4v) is 5.64. The summed E-state index contributed by atoms with van der Waals surface area (Å²) < 4.78 is 0. The molecule has 27 heavy (non-hydrogen) atoms. The molecule has 4 heterocycles. The van der Waals surface area contributed by atoms with Crippen molar-refractivity contribution in [2.75, 3.05) is 19.6 Å². The van der Waals surface area contributed by atoms with Crippen molar-refractivity contribution < 1.29 is 4.79 Å².